The summed E-state index contributed by atoms with van der Waals surface area (Å²) in [5.41, 5.74) is 2.11. The molecular weight excluding hydrogens is 404 g/mol. The zero-order chi connectivity index (χ0) is 20.2. The SMILES string of the molecule is Cc1cccc(C)c1N(CC(=O)Nc1nnc(SCC(C)C)s1)S(C)(=O)=O. The van der Waals surface area contributed by atoms with E-state index in [4.69, 9.17) is 0 Å². The summed E-state index contributed by atoms with van der Waals surface area (Å²) in [6.45, 7) is 7.55. The lowest BCUT2D eigenvalue weighted by atomic mass is 10.1. The average Bonchev–Trinajstić information content (AvgIpc) is 2.98. The maximum Gasteiger partial charge on any atom is 0.246 e. The van der Waals surface area contributed by atoms with E-state index in [2.05, 4.69) is 29.4 Å². The topological polar surface area (TPSA) is 92.3 Å². The van der Waals surface area contributed by atoms with Crippen LogP contribution < -0.4 is 9.62 Å². The van der Waals surface area contributed by atoms with Gasteiger partial charge in [-0.2, -0.15) is 0 Å². The van der Waals surface area contributed by atoms with Crippen LogP contribution in [0.1, 0.15) is 25.0 Å². The van der Waals surface area contributed by atoms with Crippen molar-refractivity contribution in [3.63, 3.8) is 0 Å². The Bertz CT molecular complexity index is 890. The predicted molar refractivity (Wildman–Crippen MR) is 112 cm³/mol. The summed E-state index contributed by atoms with van der Waals surface area (Å²) in [5, 5.41) is 11.0. The number of nitrogens with one attached hydrogen (secondary N) is 1. The number of hydrogen-bond acceptors (Lipinski definition) is 7. The van der Waals surface area contributed by atoms with Gasteiger partial charge in [-0.25, -0.2) is 8.42 Å². The van der Waals surface area contributed by atoms with Gasteiger partial charge in [-0.15, -0.1) is 10.2 Å². The number of benzene rings is 1. The van der Waals surface area contributed by atoms with Crippen molar-refractivity contribution >= 4 is 49.8 Å². The molecular formula is C17H24N4O3S3. The van der Waals surface area contributed by atoms with Gasteiger partial charge in [0.2, 0.25) is 21.1 Å². The van der Waals surface area contributed by atoms with Crippen molar-refractivity contribution in [2.45, 2.75) is 32.0 Å². The van der Waals surface area contributed by atoms with Gasteiger partial charge in [-0.05, 0) is 30.9 Å². The molecule has 1 aromatic carbocycles. The molecule has 148 valence electrons. The number of hydrogen-bond donors (Lipinski definition) is 1. The Morgan fingerprint density at radius 2 is 1.89 bits per heavy atom. The molecule has 0 saturated carbocycles. The first-order valence-corrected chi connectivity index (χ1v) is 12.0. The van der Waals surface area contributed by atoms with Crippen LogP contribution in [-0.4, -0.2) is 43.1 Å². The van der Waals surface area contributed by atoms with E-state index in [1.165, 1.54) is 11.3 Å². The Hall–Kier alpha value is -1.65. The van der Waals surface area contributed by atoms with Gasteiger partial charge in [-0.3, -0.25) is 14.4 Å². The maximum absolute atomic E-state index is 12.5. The van der Waals surface area contributed by atoms with Crippen molar-refractivity contribution < 1.29 is 13.2 Å². The van der Waals surface area contributed by atoms with E-state index < -0.39 is 15.9 Å². The summed E-state index contributed by atoms with van der Waals surface area (Å²) in [4.78, 5) is 12.5. The summed E-state index contributed by atoms with van der Waals surface area (Å²) in [6, 6.07) is 5.50. The quantitative estimate of drug-likeness (QED) is 0.512. The highest BCUT2D eigenvalue weighted by atomic mass is 32.2. The summed E-state index contributed by atoms with van der Waals surface area (Å²) in [7, 11) is -3.63. The minimum Gasteiger partial charge on any atom is -0.299 e. The number of aromatic nitrogens is 2. The molecule has 27 heavy (non-hydrogen) atoms. The highest BCUT2D eigenvalue weighted by Crippen LogP contribution is 2.28. The van der Waals surface area contributed by atoms with Crippen LogP contribution >= 0.6 is 23.1 Å². The van der Waals surface area contributed by atoms with E-state index in [0.717, 1.165) is 31.8 Å². The Morgan fingerprint density at radius 1 is 1.26 bits per heavy atom. The number of carbonyl (C=O) groups is 1. The Labute approximate surface area is 168 Å². The number of anilines is 2. The summed E-state index contributed by atoms with van der Waals surface area (Å²) < 4.78 is 26.5. The molecule has 1 heterocycles. The van der Waals surface area contributed by atoms with Crippen molar-refractivity contribution in [1.29, 1.82) is 0 Å². The van der Waals surface area contributed by atoms with Crippen molar-refractivity contribution in [3.8, 4) is 0 Å². The Balaban J connectivity index is 2.14. The van der Waals surface area contributed by atoms with Crippen molar-refractivity contribution in [1.82, 2.24) is 10.2 Å². The molecule has 7 nitrogen and oxygen atoms in total. The second kappa shape index (κ2) is 9.03. The van der Waals surface area contributed by atoms with E-state index in [9.17, 15) is 13.2 Å². The molecule has 10 heteroatoms. The zero-order valence-corrected chi connectivity index (χ0v) is 18.5. The molecule has 1 aromatic heterocycles. The fourth-order valence-electron chi connectivity index (χ4n) is 2.41. The number of para-hydroxylation sites is 1. The molecule has 0 aliphatic heterocycles. The number of nitrogens with zero attached hydrogens (tertiary/aromatic N) is 3. The highest BCUT2D eigenvalue weighted by Gasteiger charge is 2.24. The van der Waals surface area contributed by atoms with Gasteiger partial charge in [0.25, 0.3) is 0 Å². The molecule has 0 bridgehead atoms. The van der Waals surface area contributed by atoms with Gasteiger partial charge in [0.05, 0.1) is 11.9 Å². The number of sulfonamides is 1. The highest BCUT2D eigenvalue weighted by molar-refractivity contribution is 8.01. The first-order chi connectivity index (χ1) is 12.6. The smallest absolute Gasteiger partial charge is 0.246 e. The minimum atomic E-state index is -3.63. The molecule has 0 aliphatic carbocycles. The van der Waals surface area contributed by atoms with E-state index >= 15 is 0 Å². The van der Waals surface area contributed by atoms with Gasteiger partial charge in [0, 0.05) is 5.75 Å². The molecule has 2 aromatic rings. The second-order valence-corrected chi connectivity index (χ2v) is 10.8. The minimum absolute atomic E-state index is 0.321. The fourth-order valence-corrected chi connectivity index (χ4v) is 5.12. The first-order valence-electron chi connectivity index (χ1n) is 8.38. The maximum atomic E-state index is 12.5. The monoisotopic (exact) mass is 428 g/mol. The van der Waals surface area contributed by atoms with E-state index in [0.29, 0.717) is 16.7 Å². The van der Waals surface area contributed by atoms with Crippen LogP contribution in [0.5, 0.6) is 0 Å². The molecule has 0 saturated heterocycles. The second-order valence-electron chi connectivity index (χ2n) is 6.64. The number of aryl methyl sites for hydroxylation is 2. The van der Waals surface area contributed by atoms with Crippen molar-refractivity contribution in [3.05, 3.63) is 29.3 Å². The van der Waals surface area contributed by atoms with E-state index in [-0.39, 0.29) is 6.54 Å². The standard InChI is InChI=1S/C17H24N4O3S3/c1-11(2)10-25-17-20-19-16(26-17)18-14(22)9-21(27(5,23)24)15-12(3)7-6-8-13(15)4/h6-8,11H,9-10H2,1-5H3,(H,18,19,22). The van der Waals surface area contributed by atoms with Gasteiger partial charge in [0.1, 0.15) is 6.54 Å². The molecule has 1 N–H and O–H groups in total. The van der Waals surface area contributed by atoms with Gasteiger partial charge < -0.3 is 0 Å². The lowest BCUT2D eigenvalue weighted by Gasteiger charge is -2.25. The number of thioether (sulfide) groups is 1. The van der Waals surface area contributed by atoms with Crippen LogP contribution in [0.15, 0.2) is 22.5 Å². The van der Waals surface area contributed by atoms with Crippen LogP contribution in [0, 0.1) is 19.8 Å². The molecule has 0 spiro atoms. The van der Waals surface area contributed by atoms with Crippen molar-refractivity contribution in [2.24, 2.45) is 5.92 Å². The lowest BCUT2D eigenvalue weighted by molar-refractivity contribution is -0.114. The van der Waals surface area contributed by atoms with E-state index in [1.807, 2.05) is 32.0 Å². The van der Waals surface area contributed by atoms with Crippen LogP contribution in [0.4, 0.5) is 10.8 Å². The summed E-state index contributed by atoms with van der Waals surface area (Å²) in [5.74, 6) is 0.981. The van der Waals surface area contributed by atoms with Crippen molar-refractivity contribution in [2.75, 3.05) is 28.2 Å². The third kappa shape index (κ3) is 6.18. The molecule has 0 aliphatic rings. The van der Waals surface area contributed by atoms with Crippen LogP contribution in [0.2, 0.25) is 0 Å². The van der Waals surface area contributed by atoms with E-state index in [1.54, 1.807) is 11.8 Å². The van der Waals surface area contributed by atoms with Crippen LogP contribution in [0.3, 0.4) is 0 Å². The van der Waals surface area contributed by atoms with Gasteiger partial charge >= 0.3 is 0 Å². The number of amides is 1. The first kappa shape index (κ1) is 21.6. The molecule has 0 atom stereocenters. The van der Waals surface area contributed by atoms with Gasteiger partial charge in [0.15, 0.2) is 4.34 Å². The third-order valence-corrected chi connectivity index (χ3v) is 7.08. The molecule has 2 rings (SSSR count). The number of carbonyl (C=O) groups excluding carboxylic acids is 1. The van der Waals surface area contributed by atoms with Gasteiger partial charge in [-0.1, -0.05) is 55.1 Å². The normalized spacial score (nSPS) is 11.6. The molecule has 0 unspecified atom stereocenters. The van der Waals surface area contributed by atoms with Crippen LogP contribution in [0.25, 0.3) is 0 Å². The molecule has 1 amide bonds. The fraction of sp³-hybridized carbons (Fsp3) is 0.471. The largest absolute Gasteiger partial charge is 0.299 e. The lowest BCUT2D eigenvalue weighted by Crippen LogP contribution is -2.38. The van der Waals surface area contributed by atoms with Crippen LogP contribution in [-0.2, 0) is 14.8 Å². The third-order valence-electron chi connectivity index (χ3n) is 3.57. The summed E-state index contributed by atoms with van der Waals surface area (Å²) in [6.07, 6.45) is 1.10. The zero-order valence-electron chi connectivity index (χ0n) is 16.0. The summed E-state index contributed by atoms with van der Waals surface area (Å²) >= 11 is 2.86. The Kier molecular flexibility index (Phi) is 7.24. The average molecular weight is 429 g/mol. The number of rotatable bonds is 8. The Morgan fingerprint density at radius 3 is 2.44 bits per heavy atom. The predicted octanol–water partition coefficient (Wildman–Crippen LogP) is 3.31. The molecule has 0 fully saturated rings. The molecule has 0 radical (unpaired) electrons.